The van der Waals surface area contributed by atoms with Crippen LogP contribution in [0, 0.1) is 0 Å². The van der Waals surface area contributed by atoms with Gasteiger partial charge in [-0.05, 0) is 18.0 Å². The maximum Gasteiger partial charge on any atom is 0.138 e. The molecule has 7 nitrogen and oxygen atoms in total. The van der Waals surface area contributed by atoms with Gasteiger partial charge in [-0.25, -0.2) is 4.98 Å². The Bertz CT molecular complexity index is 438. The van der Waals surface area contributed by atoms with E-state index in [2.05, 4.69) is 32.0 Å². The minimum absolute atomic E-state index is 0.0187. The monoisotopic (exact) mass is 253 g/mol. The molecule has 0 radical (unpaired) electrons. The van der Waals surface area contributed by atoms with Crippen LogP contribution in [0.4, 0.5) is 0 Å². The summed E-state index contributed by atoms with van der Waals surface area (Å²) in [6.07, 6.45) is 5.00. The summed E-state index contributed by atoms with van der Waals surface area (Å²) in [5.41, 5.74) is 2.76. The van der Waals surface area contributed by atoms with Crippen molar-refractivity contribution in [2.45, 2.75) is 32.4 Å². The average Bonchev–Trinajstić information content (AvgIpc) is 2.97. The van der Waals surface area contributed by atoms with Crippen molar-refractivity contribution in [3.63, 3.8) is 0 Å². The molecule has 2 heterocycles. The Morgan fingerprint density at radius 1 is 1.59 bits per heavy atom. The van der Waals surface area contributed by atoms with E-state index in [1.54, 1.807) is 12.5 Å². The number of hydrogen-bond donors (Lipinski definition) is 2. The third-order valence-electron chi connectivity index (χ3n) is 2.44. The number of nitrogens with one attached hydrogen (secondary N) is 1. The fraction of sp³-hybridized carbons (Fsp3) is 0.556. The molecule has 3 N–H and O–H groups in total. The van der Waals surface area contributed by atoms with E-state index in [0.717, 1.165) is 23.7 Å². The molecule has 2 rings (SSSR count). The molecule has 17 heavy (non-hydrogen) atoms. The lowest BCUT2D eigenvalue weighted by atomic mass is 10.2. The first-order valence-corrected chi connectivity index (χ1v) is 6.22. The van der Waals surface area contributed by atoms with Gasteiger partial charge in [-0.2, -0.15) is 5.10 Å². The Hall–Kier alpha value is -1.38. The summed E-state index contributed by atoms with van der Waals surface area (Å²) in [6.45, 7) is 2.98. The fourth-order valence-electron chi connectivity index (χ4n) is 1.60. The molecule has 0 spiro atoms. The molecule has 0 aliphatic carbocycles. The predicted molar refractivity (Wildman–Crippen MR) is 64.0 cm³/mol. The Labute approximate surface area is 103 Å². The van der Waals surface area contributed by atoms with Crippen LogP contribution >= 0.6 is 11.5 Å². The maximum absolute atomic E-state index is 5.55. The minimum atomic E-state index is -0.0187. The second-order valence-electron chi connectivity index (χ2n) is 3.64. The van der Waals surface area contributed by atoms with Crippen LogP contribution in [0.25, 0.3) is 0 Å². The van der Waals surface area contributed by atoms with Gasteiger partial charge in [-0.15, -0.1) is 5.10 Å². The number of aryl methyl sites for hydroxylation is 1. The number of nitrogens with zero attached hydrogens (tertiary/aromatic N) is 5. The highest BCUT2D eigenvalue weighted by molar-refractivity contribution is 7.05. The van der Waals surface area contributed by atoms with Crippen molar-refractivity contribution in [2.24, 2.45) is 5.84 Å². The smallest absolute Gasteiger partial charge is 0.138 e. The van der Waals surface area contributed by atoms with E-state index in [0.29, 0.717) is 6.42 Å². The van der Waals surface area contributed by atoms with E-state index in [9.17, 15) is 0 Å². The lowest BCUT2D eigenvalue weighted by Gasteiger charge is -2.13. The molecule has 0 aliphatic heterocycles. The third-order valence-corrected chi connectivity index (χ3v) is 3.22. The molecule has 0 aromatic carbocycles. The fourth-order valence-corrected chi connectivity index (χ4v) is 2.16. The zero-order valence-corrected chi connectivity index (χ0v) is 10.4. The average molecular weight is 253 g/mol. The zero-order valence-electron chi connectivity index (χ0n) is 9.58. The standard InChI is InChI=1S/C9H15N7S/c1-2-3-16-9(11-6-13-16)4-7(14-10)8-5-12-15-17-8/h5-7,14H,2-4,10H2,1H3. The normalized spacial score (nSPS) is 12.8. The van der Waals surface area contributed by atoms with E-state index in [1.807, 2.05) is 4.68 Å². The summed E-state index contributed by atoms with van der Waals surface area (Å²) in [5.74, 6) is 6.47. The molecule has 1 atom stereocenters. The second-order valence-corrected chi connectivity index (χ2v) is 4.46. The number of nitrogens with two attached hydrogens (primary N) is 1. The van der Waals surface area contributed by atoms with Gasteiger partial charge in [0.25, 0.3) is 0 Å². The molecule has 8 heteroatoms. The highest BCUT2D eigenvalue weighted by Gasteiger charge is 2.16. The maximum atomic E-state index is 5.55. The summed E-state index contributed by atoms with van der Waals surface area (Å²) in [5, 5.41) is 7.99. The van der Waals surface area contributed by atoms with Crippen molar-refractivity contribution in [2.75, 3.05) is 0 Å². The molecule has 2 aromatic heterocycles. The predicted octanol–water partition coefficient (Wildman–Crippen LogP) is 0.287. The van der Waals surface area contributed by atoms with Crippen LogP contribution in [0.2, 0.25) is 0 Å². The largest absolute Gasteiger partial charge is 0.271 e. The van der Waals surface area contributed by atoms with E-state index in [4.69, 9.17) is 5.84 Å². The van der Waals surface area contributed by atoms with Crippen molar-refractivity contribution in [1.29, 1.82) is 0 Å². The molecule has 0 saturated carbocycles. The summed E-state index contributed by atoms with van der Waals surface area (Å²) in [4.78, 5) is 5.25. The van der Waals surface area contributed by atoms with Crippen molar-refractivity contribution in [3.05, 3.63) is 23.2 Å². The molecule has 0 bridgehead atoms. The van der Waals surface area contributed by atoms with E-state index >= 15 is 0 Å². The first-order chi connectivity index (χ1) is 8.35. The van der Waals surface area contributed by atoms with Gasteiger partial charge in [-0.1, -0.05) is 11.4 Å². The number of rotatable bonds is 6. The van der Waals surface area contributed by atoms with Crippen LogP contribution in [0.3, 0.4) is 0 Å². The summed E-state index contributed by atoms with van der Waals surface area (Å²) < 4.78 is 5.73. The van der Waals surface area contributed by atoms with Crippen LogP contribution in [-0.4, -0.2) is 24.4 Å². The molecular weight excluding hydrogens is 238 g/mol. The first-order valence-electron chi connectivity index (χ1n) is 5.45. The van der Waals surface area contributed by atoms with Crippen molar-refractivity contribution < 1.29 is 0 Å². The number of aromatic nitrogens is 5. The van der Waals surface area contributed by atoms with E-state index < -0.39 is 0 Å². The minimum Gasteiger partial charge on any atom is -0.271 e. The van der Waals surface area contributed by atoms with Gasteiger partial charge in [0.2, 0.25) is 0 Å². The molecule has 1 unspecified atom stereocenters. The molecule has 2 aromatic rings. The summed E-state index contributed by atoms with van der Waals surface area (Å²) in [6, 6.07) is -0.0187. The van der Waals surface area contributed by atoms with Gasteiger partial charge in [0.1, 0.15) is 12.2 Å². The Morgan fingerprint density at radius 3 is 3.12 bits per heavy atom. The molecule has 0 saturated heterocycles. The zero-order chi connectivity index (χ0) is 12.1. The van der Waals surface area contributed by atoms with Gasteiger partial charge in [0, 0.05) is 13.0 Å². The second kappa shape index (κ2) is 5.80. The molecule has 0 aliphatic rings. The van der Waals surface area contributed by atoms with Gasteiger partial charge in [0.15, 0.2) is 0 Å². The quantitative estimate of drug-likeness (QED) is 0.567. The third kappa shape index (κ3) is 2.84. The van der Waals surface area contributed by atoms with Crippen LogP contribution < -0.4 is 11.3 Å². The Balaban J connectivity index is 2.10. The van der Waals surface area contributed by atoms with E-state index in [1.165, 1.54) is 11.5 Å². The Morgan fingerprint density at radius 2 is 2.47 bits per heavy atom. The van der Waals surface area contributed by atoms with Gasteiger partial charge in [-0.3, -0.25) is 16.0 Å². The molecule has 0 amide bonds. The van der Waals surface area contributed by atoms with Crippen LogP contribution in [0.5, 0.6) is 0 Å². The number of hydrazine groups is 1. The van der Waals surface area contributed by atoms with Crippen molar-refractivity contribution >= 4 is 11.5 Å². The topological polar surface area (TPSA) is 94.5 Å². The van der Waals surface area contributed by atoms with Crippen LogP contribution in [0.1, 0.15) is 30.1 Å². The summed E-state index contributed by atoms with van der Waals surface area (Å²) >= 11 is 1.34. The lowest BCUT2D eigenvalue weighted by Crippen LogP contribution is -2.30. The van der Waals surface area contributed by atoms with Gasteiger partial charge < -0.3 is 0 Å². The van der Waals surface area contributed by atoms with E-state index in [-0.39, 0.29) is 6.04 Å². The molecular formula is C9H15N7S. The Kier molecular flexibility index (Phi) is 4.13. The lowest BCUT2D eigenvalue weighted by molar-refractivity contribution is 0.503. The van der Waals surface area contributed by atoms with Crippen LogP contribution in [-0.2, 0) is 13.0 Å². The SMILES string of the molecule is CCCn1ncnc1CC(NN)c1cnns1. The number of hydrogen-bond acceptors (Lipinski definition) is 7. The molecule has 92 valence electrons. The van der Waals surface area contributed by atoms with Crippen LogP contribution in [0.15, 0.2) is 12.5 Å². The van der Waals surface area contributed by atoms with Gasteiger partial charge in [0.05, 0.1) is 17.1 Å². The van der Waals surface area contributed by atoms with Crippen molar-refractivity contribution in [1.82, 2.24) is 29.8 Å². The van der Waals surface area contributed by atoms with Gasteiger partial charge >= 0.3 is 0 Å². The first kappa shape index (κ1) is 12.1. The van der Waals surface area contributed by atoms with Crippen molar-refractivity contribution in [3.8, 4) is 0 Å². The summed E-state index contributed by atoms with van der Waals surface area (Å²) in [7, 11) is 0. The highest BCUT2D eigenvalue weighted by atomic mass is 32.1. The highest BCUT2D eigenvalue weighted by Crippen LogP contribution is 2.18. The molecule has 0 fully saturated rings.